The monoisotopic (exact) mass is 364 g/mol. The molecule has 120 valence electrons. The number of benzene rings is 2. The van der Waals surface area contributed by atoms with Crippen molar-refractivity contribution in [3.8, 4) is 11.5 Å². The van der Waals surface area contributed by atoms with E-state index in [1.165, 1.54) is 19.3 Å². The highest BCUT2D eigenvalue weighted by molar-refractivity contribution is 9.09. The van der Waals surface area contributed by atoms with Crippen LogP contribution in [0.3, 0.4) is 0 Å². The minimum atomic E-state index is 0.748. The van der Waals surface area contributed by atoms with Crippen molar-refractivity contribution in [1.29, 1.82) is 0 Å². The van der Waals surface area contributed by atoms with Crippen LogP contribution in [0.2, 0.25) is 0 Å². The molecule has 0 atom stereocenters. The second-order valence-corrected chi connectivity index (χ2v) is 6.20. The average Bonchev–Trinajstić information content (AvgIpc) is 2.57. The maximum atomic E-state index is 5.99. The molecule has 0 bridgehead atoms. The standard InChI is InChI=1S/C19H25BrO2/c1-2-14-21-18-11-12-19(17-10-6-5-9-16(17)18)22-15-8-4-3-7-13-20/h5-6,9-12H,2-4,7-8,13-15H2,1H3. The summed E-state index contributed by atoms with van der Waals surface area (Å²) in [5, 5.41) is 3.36. The van der Waals surface area contributed by atoms with Gasteiger partial charge in [0.2, 0.25) is 0 Å². The number of unbranched alkanes of at least 4 members (excludes halogenated alkanes) is 3. The smallest absolute Gasteiger partial charge is 0.127 e. The van der Waals surface area contributed by atoms with Crippen LogP contribution in [0, 0.1) is 0 Å². The van der Waals surface area contributed by atoms with Crippen LogP contribution in [-0.2, 0) is 0 Å². The second-order valence-electron chi connectivity index (χ2n) is 5.41. The molecule has 0 saturated heterocycles. The van der Waals surface area contributed by atoms with Crippen LogP contribution in [0.25, 0.3) is 10.8 Å². The normalized spacial score (nSPS) is 10.8. The summed E-state index contributed by atoms with van der Waals surface area (Å²) in [6, 6.07) is 12.4. The fourth-order valence-electron chi connectivity index (χ4n) is 2.44. The molecule has 0 unspecified atom stereocenters. The third kappa shape index (κ3) is 4.91. The van der Waals surface area contributed by atoms with E-state index in [1.807, 2.05) is 18.2 Å². The highest BCUT2D eigenvalue weighted by atomic mass is 79.9. The third-order valence-electron chi connectivity index (χ3n) is 3.59. The van der Waals surface area contributed by atoms with Crippen LogP contribution in [-0.4, -0.2) is 18.5 Å². The zero-order valence-electron chi connectivity index (χ0n) is 13.3. The lowest BCUT2D eigenvalue weighted by molar-refractivity contribution is 0.305. The fraction of sp³-hybridized carbons (Fsp3) is 0.474. The van der Waals surface area contributed by atoms with Gasteiger partial charge < -0.3 is 9.47 Å². The van der Waals surface area contributed by atoms with Crippen molar-refractivity contribution in [1.82, 2.24) is 0 Å². The topological polar surface area (TPSA) is 18.5 Å². The first kappa shape index (κ1) is 17.1. The Kier molecular flexibility index (Phi) is 7.58. The number of hydrogen-bond donors (Lipinski definition) is 0. The maximum Gasteiger partial charge on any atom is 0.127 e. The van der Waals surface area contributed by atoms with Gasteiger partial charge in [-0.3, -0.25) is 0 Å². The van der Waals surface area contributed by atoms with Crippen LogP contribution >= 0.6 is 15.9 Å². The van der Waals surface area contributed by atoms with E-state index >= 15 is 0 Å². The molecule has 22 heavy (non-hydrogen) atoms. The zero-order valence-corrected chi connectivity index (χ0v) is 14.9. The van der Waals surface area contributed by atoms with E-state index in [9.17, 15) is 0 Å². The van der Waals surface area contributed by atoms with Crippen LogP contribution in [0.1, 0.15) is 39.0 Å². The van der Waals surface area contributed by atoms with E-state index in [4.69, 9.17) is 9.47 Å². The van der Waals surface area contributed by atoms with E-state index in [1.54, 1.807) is 0 Å². The lowest BCUT2D eigenvalue weighted by atomic mass is 10.1. The Morgan fingerprint density at radius 1 is 0.773 bits per heavy atom. The summed E-state index contributed by atoms with van der Waals surface area (Å²) >= 11 is 3.46. The third-order valence-corrected chi connectivity index (χ3v) is 4.15. The molecule has 0 saturated carbocycles. The summed E-state index contributed by atoms with van der Waals surface area (Å²) in [5.41, 5.74) is 0. The summed E-state index contributed by atoms with van der Waals surface area (Å²) in [6.07, 6.45) is 5.85. The lowest BCUT2D eigenvalue weighted by Crippen LogP contribution is -2.00. The number of alkyl halides is 1. The zero-order chi connectivity index (χ0) is 15.6. The van der Waals surface area contributed by atoms with Gasteiger partial charge in [-0.25, -0.2) is 0 Å². The summed E-state index contributed by atoms with van der Waals surface area (Å²) < 4.78 is 11.8. The molecule has 2 nitrogen and oxygen atoms in total. The van der Waals surface area contributed by atoms with Crippen LogP contribution in [0.4, 0.5) is 0 Å². The molecule has 0 radical (unpaired) electrons. The molecule has 0 amide bonds. The predicted octanol–water partition coefficient (Wildman–Crippen LogP) is 5.96. The van der Waals surface area contributed by atoms with Crippen molar-refractivity contribution in [3.63, 3.8) is 0 Å². The van der Waals surface area contributed by atoms with E-state index in [2.05, 4.69) is 41.1 Å². The number of fused-ring (bicyclic) bond motifs is 1. The summed E-state index contributed by atoms with van der Waals surface area (Å²) in [5.74, 6) is 1.90. The van der Waals surface area contributed by atoms with Crippen molar-refractivity contribution in [2.45, 2.75) is 39.0 Å². The van der Waals surface area contributed by atoms with Gasteiger partial charge in [0.25, 0.3) is 0 Å². The van der Waals surface area contributed by atoms with E-state index in [0.717, 1.165) is 53.7 Å². The lowest BCUT2D eigenvalue weighted by Gasteiger charge is -2.13. The van der Waals surface area contributed by atoms with Gasteiger partial charge in [-0.2, -0.15) is 0 Å². The largest absolute Gasteiger partial charge is 0.493 e. The molecule has 2 aromatic carbocycles. The maximum absolute atomic E-state index is 5.99. The Bertz CT molecular complexity index is 568. The van der Waals surface area contributed by atoms with Gasteiger partial charge in [-0.1, -0.05) is 60.0 Å². The van der Waals surface area contributed by atoms with Crippen molar-refractivity contribution in [2.24, 2.45) is 0 Å². The molecule has 0 aromatic heterocycles. The number of halogens is 1. The number of hydrogen-bond acceptors (Lipinski definition) is 2. The minimum absolute atomic E-state index is 0.748. The van der Waals surface area contributed by atoms with Crippen molar-refractivity contribution in [2.75, 3.05) is 18.5 Å². The highest BCUT2D eigenvalue weighted by Crippen LogP contribution is 2.33. The first-order chi connectivity index (χ1) is 10.9. The summed E-state index contributed by atoms with van der Waals surface area (Å²) in [6.45, 7) is 3.65. The predicted molar refractivity (Wildman–Crippen MR) is 97.5 cm³/mol. The van der Waals surface area contributed by atoms with Gasteiger partial charge in [0.1, 0.15) is 11.5 Å². The fourth-order valence-corrected chi connectivity index (χ4v) is 2.84. The number of rotatable bonds is 10. The molecule has 0 aliphatic rings. The summed E-state index contributed by atoms with van der Waals surface area (Å²) in [7, 11) is 0. The Morgan fingerprint density at radius 2 is 1.36 bits per heavy atom. The molecule has 0 spiro atoms. The first-order valence-corrected chi connectivity index (χ1v) is 9.32. The molecule has 0 aliphatic carbocycles. The van der Waals surface area contributed by atoms with E-state index in [-0.39, 0.29) is 0 Å². The summed E-state index contributed by atoms with van der Waals surface area (Å²) in [4.78, 5) is 0. The molecule has 2 rings (SSSR count). The van der Waals surface area contributed by atoms with Crippen LogP contribution in [0.5, 0.6) is 11.5 Å². The van der Waals surface area contributed by atoms with Crippen molar-refractivity contribution in [3.05, 3.63) is 36.4 Å². The van der Waals surface area contributed by atoms with Gasteiger partial charge in [0.05, 0.1) is 13.2 Å². The molecule has 0 N–H and O–H groups in total. The quantitative estimate of drug-likeness (QED) is 0.382. The van der Waals surface area contributed by atoms with Gasteiger partial charge in [0.15, 0.2) is 0 Å². The van der Waals surface area contributed by atoms with E-state index in [0.29, 0.717) is 0 Å². The molecule has 0 fully saturated rings. The molecule has 0 aliphatic heterocycles. The first-order valence-electron chi connectivity index (χ1n) is 8.20. The van der Waals surface area contributed by atoms with Gasteiger partial charge in [-0.05, 0) is 31.4 Å². The number of ether oxygens (including phenoxy) is 2. The van der Waals surface area contributed by atoms with Gasteiger partial charge >= 0.3 is 0 Å². The SMILES string of the molecule is CCCOc1ccc(OCCCCCCBr)c2ccccc12. The van der Waals surface area contributed by atoms with Gasteiger partial charge in [0, 0.05) is 16.1 Å². The second kappa shape index (κ2) is 9.73. The molecular formula is C19H25BrO2. The molecule has 0 heterocycles. The Hall–Kier alpha value is -1.22. The molecular weight excluding hydrogens is 340 g/mol. The van der Waals surface area contributed by atoms with Crippen molar-refractivity contribution < 1.29 is 9.47 Å². The Morgan fingerprint density at radius 3 is 1.95 bits per heavy atom. The van der Waals surface area contributed by atoms with Crippen molar-refractivity contribution >= 4 is 26.7 Å². The van der Waals surface area contributed by atoms with Crippen LogP contribution in [0.15, 0.2) is 36.4 Å². The van der Waals surface area contributed by atoms with E-state index < -0.39 is 0 Å². The molecule has 2 aromatic rings. The minimum Gasteiger partial charge on any atom is -0.493 e. The average molecular weight is 365 g/mol. The Balaban J connectivity index is 2.01. The Labute approximate surface area is 141 Å². The molecule has 3 heteroatoms. The van der Waals surface area contributed by atoms with Gasteiger partial charge in [-0.15, -0.1) is 0 Å². The highest BCUT2D eigenvalue weighted by Gasteiger charge is 2.07. The van der Waals surface area contributed by atoms with Crippen LogP contribution < -0.4 is 9.47 Å².